The van der Waals surface area contributed by atoms with Crippen LogP contribution >= 0.6 is 0 Å². The quantitative estimate of drug-likeness (QED) is 0.864. The fourth-order valence-electron chi connectivity index (χ4n) is 2.13. The van der Waals surface area contributed by atoms with Gasteiger partial charge in [-0.25, -0.2) is 4.98 Å². The summed E-state index contributed by atoms with van der Waals surface area (Å²) in [7, 11) is 0. The Bertz CT molecular complexity index is 707. The Morgan fingerprint density at radius 3 is 2.70 bits per heavy atom. The van der Waals surface area contributed by atoms with E-state index in [2.05, 4.69) is 9.97 Å². The number of aromatic amines is 1. The number of hydrogen-bond acceptors (Lipinski definition) is 4. The average molecular weight is 272 g/mol. The minimum absolute atomic E-state index is 0.192. The number of hydrogen-bond donors (Lipinski definition) is 1. The second kappa shape index (κ2) is 5.00. The van der Waals surface area contributed by atoms with Crippen molar-refractivity contribution in [3.63, 3.8) is 0 Å². The molecule has 0 amide bonds. The van der Waals surface area contributed by atoms with E-state index in [0.717, 1.165) is 23.4 Å². The predicted octanol–water partition coefficient (Wildman–Crippen LogP) is 2.22. The molecular weight excluding hydrogens is 256 g/mol. The van der Waals surface area contributed by atoms with Gasteiger partial charge in [0.25, 0.3) is 5.56 Å². The second-order valence-electron chi connectivity index (χ2n) is 4.84. The molecule has 2 aromatic rings. The molecular formula is C15H16N2O3. The van der Waals surface area contributed by atoms with Gasteiger partial charge in [-0.2, -0.15) is 0 Å². The van der Waals surface area contributed by atoms with Crippen LogP contribution in [0.25, 0.3) is 11.3 Å². The molecule has 0 saturated carbocycles. The molecule has 1 aromatic heterocycles. The molecule has 1 aliphatic rings. The number of aromatic nitrogens is 2. The lowest BCUT2D eigenvalue weighted by molar-refractivity contribution is 0.297. The lowest BCUT2D eigenvalue weighted by Gasteiger charge is -2.09. The summed E-state index contributed by atoms with van der Waals surface area (Å²) in [5, 5.41) is 0. The van der Waals surface area contributed by atoms with Crippen molar-refractivity contribution in [3.05, 3.63) is 39.9 Å². The van der Waals surface area contributed by atoms with Crippen LogP contribution < -0.4 is 15.0 Å². The first kappa shape index (κ1) is 12.7. The van der Waals surface area contributed by atoms with Crippen LogP contribution in [0.5, 0.6) is 11.5 Å². The van der Waals surface area contributed by atoms with Crippen LogP contribution in [0.3, 0.4) is 0 Å². The summed E-state index contributed by atoms with van der Waals surface area (Å²) in [6.07, 6.45) is 0.854. The summed E-state index contributed by atoms with van der Waals surface area (Å²) in [6, 6.07) is 5.47. The number of nitrogens with zero attached hydrogens (tertiary/aromatic N) is 1. The first-order chi connectivity index (χ1) is 9.65. The van der Waals surface area contributed by atoms with Gasteiger partial charge in [0.1, 0.15) is 5.69 Å². The molecule has 0 bridgehead atoms. The Hall–Kier alpha value is -2.30. The summed E-state index contributed by atoms with van der Waals surface area (Å²) >= 11 is 0. The van der Waals surface area contributed by atoms with Gasteiger partial charge in [0.05, 0.1) is 18.9 Å². The Morgan fingerprint density at radius 1 is 1.15 bits per heavy atom. The molecule has 5 nitrogen and oxygen atoms in total. The zero-order valence-electron chi connectivity index (χ0n) is 11.5. The zero-order chi connectivity index (χ0) is 14.1. The molecule has 104 valence electrons. The van der Waals surface area contributed by atoms with Gasteiger partial charge in [-0.05, 0) is 32.0 Å². The lowest BCUT2D eigenvalue weighted by atomic mass is 10.1. The van der Waals surface area contributed by atoms with E-state index in [-0.39, 0.29) is 5.56 Å². The van der Waals surface area contributed by atoms with Gasteiger partial charge in [0, 0.05) is 17.7 Å². The van der Waals surface area contributed by atoms with Crippen LogP contribution in [0.2, 0.25) is 0 Å². The summed E-state index contributed by atoms with van der Waals surface area (Å²) in [6.45, 7) is 4.97. The molecule has 0 spiro atoms. The number of nitrogens with one attached hydrogen (secondary N) is 1. The van der Waals surface area contributed by atoms with Crippen molar-refractivity contribution in [2.24, 2.45) is 0 Å². The van der Waals surface area contributed by atoms with Crippen LogP contribution in [0, 0.1) is 13.8 Å². The van der Waals surface area contributed by atoms with E-state index in [9.17, 15) is 4.79 Å². The molecule has 0 aliphatic carbocycles. The largest absolute Gasteiger partial charge is 0.490 e. The first-order valence-corrected chi connectivity index (χ1v) is 6.62. The third-order valence-corrected chi connectivity index (χ3v) is 3.36. The Labute approximate surface area is 116 Å². The standard InChI is InChI=1S/C15H16N2O3/c1-9-10(2)17-15(18)14(16-9)11-4-5-12-13(8-11)20-7-3-6-19-12/h4-5,8H,3,6-7H2,1-2H3,(H,17,18). The summed E-state index contributed by atoms with van der Waals surface area (Å²) in [5.41, 5.74) is 2.55. The minimum atomic E-state index is -0.192. The van der Waals surface area contributed by atoms with Crippen LogP contribution in [0.4, 0.5) is 0 Å². The van der Waals surface area contributed by atoms with Crippen molar-refractivity contribution < 1.29 is 9.47 Å². The van der Waals surface area contributed by atoms with Gasteiger partial charge in [-0.3, -0.25) is 4.79 Å². The number of fused-ring (bicyclic) bond motifs is 1. The third kappa shape index (κ3) is 2.27. The van der Waals surface area contributed by atoms with Gasteiger partial charge in [-0.1, -0.05) is 0 Å². The SMILES string of the molecule is Cc1nc(-c2ccc3c(c2)OCCCO3)c(=O)[nH]c1C. The highest BCUT2D eigenvalue weighted by Crippen LogP contribution is 2.32. The Morgan fingerprint density at radius 2 is 1.90 bits per heavy atom. The number of H-pyrrole nitrogens is 1. The maximum Gasteiger partial charge on any atom is 0.274 e. The normalized spacial score (nSPS) is 13.9. The Balaban J connectivity index is 2.09. The number of benzene rings is 1. The van der Waals surface area contributed by atoms with Gasteiger partial charge in [0.15, 0.2) is 11.5 Å². The van der Waals surface area contributed by atoms with E-state index < -0.39 is 0 Å². The molecule has 0 radical (unpaired) electrons. The predicted molar refractivity (Wildman–Crippen MR) is 75.4 cm³/mol. The summed E-state index contributed by atoms with van der Waals surface area (Å²) in [5.74, 6) is 1.38. The van der Waals surface area contributed by atoms with E-state index in [1.807, 2.05) is 32.0 Å². The van der Waals surface area contributed by atoms with E-state index in [4.69, 9.17) is 9.47 Å². The smallest absolute Gasteiger partial charge is 0.274 e. The van der Waals surface area contributed by atoms with E-state index in [0.29, 0.717) is 30.4 Å². The molecule has 0 fully saturated rings. The van der Waals surface area contributed by atoms with Crippen molar-refractivity contribution in [3.8, 4) is 22.8 Å². The van der Waals surface area contributed by atoms with Crippen LogP contribution in [-0.4, -0.2) is 23.2 Å². The molecule has 20 heavy (non-hydrogen) atoms. The van der Waals surface area contributed by atoms with E-state index >= 15 is 0 Å². The van der Waals surface area contributed by atoms with Crippen LogP contribution in [0.1, 0.15) is 17.8 Å². The molecule has 1 aliphatic heterocycles. The van der Waals surface area contributed by atoms with Crippen molar-refractivity contribution in [2.75, 3.05) is 13.2 Å². The topological polar surface area (TPSA) is 64.2 Å². The monoisotopic (exact) mass is 272 g/mol. The highest BCUT2D eigenvalue weighted by atomic mass is 16.5. The molecule has 0 unspecified atom stereocenters. The minimum Gasteiger partial charge on any atom is -0.490 e. The summed E-state index contributed by atoms with van der Waals surface area (Å²) in [4.78, 5) is 19.2. The molecule has 1 N–H and O–H groups in total. The van der Waals surface area contributed by atoms with Crippen LogP contribution in [0.15, 0.2) is 23.0 Å². The average Bonchev–Trinajstić information content (AvgIpc) is 2.67. The number of aryl methyl sites for hydroxylation is 2. The maximum absolute atomic E-state index is 12.0. The van der Waals surface area contributed by atoms with Crippen molar-refractivity contribution in [2.45, 2.75) is 20.3 Å². The fraction of sp³-hybridized carbons (Fsp3) is 0.333. The van der Waals surface area contributed by atoms with Crippen molar-refractivity contribution >= 4 is 0 Å². The lowest BCUT2D eigenvalue weighted by Crippen LogP contribution is -2.14. The molecule has 0 saturated heterocycles. The van der Waals surface area contributed by atoms with Crippen molar-refractivity contribution in [1.29, 1.82) is 0 Å². The van der Waals surface area contributed by atoms with E-state index in [1.54, 1.807) is 0 Å². The molecule has 5 heteroatoms. The molecule has 0 atom stereocenters. The van der Waals surface area contributed by atoms with Gasteiger partial charge in [0.2, 0.25) is 0 Å². The van der Waals surface area contributed by atoms with E-state index in [1.165, 1.54) is 0 Å². The fourth-order valence-corrected chi connectivity index (χ4v) is 2.13. The maximum atomic E-state index is 12.0. The molecule has 3 rings (SSSR count). The van der Waals surface area contributed by atoms with Crippen LogP contribution in [-0.2, 0) is 0 Å². The third-order valence-electron chi connectivity index (χ3n) is 3.36. The Kier molecular flexibility index (Phi) is 3.18. The zero-order valence-corrected chi connectivity index (χ0v) is 11.5. The highest BCUT2D eigenvalue weighted by Gasteiger charge is 2.14. The molecule has 2 heterocycles. The number of ether oxygens (including phenoxy) is 2. The highest BCUT2D eigenvalue weighted by molar-refractivity contribution is 5.63. The van der Waals surface area contributed by atoms with Gasteiger partial charge in [-0.15, -0.1) is 0 Å². The van der Waals surface area contributed by atoms with Crippen molar-refractivity contribution in [1.82, 2.24) is 9.97 Å². The second-order valence-corrected chi connectivity index (χ2v) is 4.84. The van der Waals surface area contributed by atoms with Gasteiger partial charge < -0.3 is 14.5 Å². The van der Waals surface area contributed by atoms with Gasteiger partial charge >= 0.3 is 0 Å². The first-order valence-electron chi connectivity index (χ1n) is 6.62. The molecule has 1 aromatic carbocycles. The summed E-state index contributed by atoms with van der Waals surface area (Å²) < 4.78 is 11.2. The number of rotatable bonds is 1.